The van der Waals surface area contributed by atoms with E-state index in [4.69, 9.17) is 5.11 Å². The summed E-state index contributed by atoms with van der Waals surface area (Å²) in [6.07, 6.45) is 4.02. The summed E-state index contributed by atoms with van der Waals surface area (Å²) < 4.78 is 0. The molecule has 0 bridgehead atoms. The maximum Gasteiger partial charge on any atom is 0.303 e. The Labute approximate surface area is 156 Å². The molecule has 4 nitrogen and oxygen atoms in total. The van der Waals surface area contributed by atoms with Crippen molar-refractivity contribution in [3.05, 3.63) is 60.2 Å². The molecule has 2 N–H and O–H groups in total. The Balaban J connectivity index is 0.00000105. The van der Waals surface area contributed by atoms with Crippen LogP contribution in [-0.2, 0) is 4.79 Å². The van der Waals surface area contributed by atoms with Gasteiger partial charge in [0, 0.05) is 18.4 Å². The summed E-state index contributed by atoms with van der Waals surface area (Å²) in [5, 5.41) is 11.3. The summed E-state index contributed by atoms with van der Waals surface area (Å²) in [6, 6.07) is 17.8. The fourth-order valence-electron chi connectivity index (χ4n) is 2.54. The van der Waals surface area contributed by atoms with Gasteiger partial charge in [-0.05, 0) is 38.1 Å². The number of carboxylic acids is 1. The first-order valence-electron chi connectivity index (χ1n) is 9.07. The molecule has 0 aliphatic heterocycles. The summed E-state index contributed by atoms with van der Waals surface area (Å²) in [7, 11) is 3.75. The molecule has 0 unspecified atom stereocenters. The molecule has 0 radical (unpaired) electrons. The first-order valence-corrected chi connectivity index (χ1v) is 9.07. The highest BCUT2D eigenvalue weighted by Gasteiger charge is 2.06. The lowest BCUT2D eigenvalue weighted by Crippen LogP contribution is -1.99. The van der Waals surface area contributed by atoms with Crippen LogP contribution in [0.15, 0.2) is 54.6 Å². The SMILES string of the molecule is CNC.O=C(O)CCCCCCC(=O)c1ccc(-c2ccccc2)cc1. The monoisotopic (exact) mass is 355 g/mol. The topological polar surface area (TPSA) is 66.4 Å². The molecule has 4 heteroatoms. The number of aliphatic carboxylic acids is 1. The molecule has 0 saturated heterocycles. The number of Topliss-reactive ketones (excluding diaryl/α,β-unsaturated/α-hetero) is 1. The molecule has 2 rings (SSSR count). The number of nitrogens with one attached hydrogen (secondary N) is 1. The normalized spacial score (nSPS) is 9.92. The molecule has 0 saturated carbocycles. The molecule has 0 spiro atoms. The van der Waals surface area contributed by atoms with E-state index >= 15 is 0 Å². The zero-order chi connectivity index (χ0) is 19.2. The van der Waals surface area contributed by atoms with Crippen molar-refractivity contribution >= 4 is 11.8 Å². The molecule has 0 heterocycles. The van der Waals surface area contributed by atoms with E-state index in [2.05, 4.69) is 5.32 Å². The van der Waals surface area contributed by atoms with Gasteiger partial charge in [-0.2, -0.15) is 0 Å². The van der Waals surface area contributed by atoms with Gasteiger partial charge in [-0.3, -0.25) is 9.59 Å². The van der Waals surface area contributed by atoms with Gasteiger partial charge in [-0.25, -0.2) is 0 Å². The summed E-state index contributed by atoms with van der Waals surface area (Å²) in [5.74, 6) is -0.595. The van der Waals surface area contributed by atoms with E-state index in [9.17, 15) is 9.59 Å². The summed E-state index contributed by atoms with van der Waals surface area (Å²) in [6.45, 7) is 0. The van der Waals surface area contributed by atoms with Crippen LogP contribution in [0.3, 0.4) is 0 Å². The van der Waals surface area contributed by atoms with Gasteiger partial charge < -0.3 is 10.4 Å². The molecular weight excluding hydrogens is 326 g/mol. The Morgan fingerprint density at radius 3 is 1.81 bits per heavy atom. The van der Waals surface area contributed by atoms with Gasteiger partial charge in [0.05, 0.1) is 0 Å². The highest BCUT2D eigenvalue weighted by atomic mass is 16.4. The second-order valence-electron chi connectivity index (χ2n) is 6.17. The van der Waals surface area contributed by atoms with Crippen molar-refractivity contribution in [2.24, 2.45) is 0 Å². The van der Waals surface area contributed by atoms with Crippen LogP contribution in [0, 0.1) is 0 Å². The van der Waals surface area contributed by atoms with E-state index in [1.54, 1.807) is 0 Å². The van der Waals surface area contributed by atoms with E-state index < -0.39 is 5.97 Å². The third-order valence-corrected chi connectivity index (χ3v) is 3.86. The van der Waals surface area contributed by atoms with Gasteiger partial charge >= 0.3 is 5.97 Å². The number of carbonyl (C=O) groups excluding carboxylic acids is 1. The lowest BCUT2D eigenvalue weighted by Gasteiger charge is -2.04. The predicted octanol–water partition coefficient (Wildman–Crippen LogP) is 4.80. The molecule has 26 heavy (non-hydrogen) atoms. The number of ketones is 1. The molecule has 0 aliphatic rings. The largest absolute Gasteiger partial charge is 0.481 e. The minimum absolute atomic E-state index is 0.155. The van der Waals surface area contributed by atoms with E-state index in [1.165, 1.54) is 0 Å². The summed E-state index contributed by atoms with van der Waals surface area (Å²) in [4.78, 5) is 22.5. The van der Waals surface area contributed by atoms with Crippen molar-refractivity contribution in [3.8, 4) is 11.1 Å². The summed E-state index contributed by atoms with van der Waals surface area (Å²) >= 11 is 0. The number of rotatable bonds is 9. The number of benzene rings is 2. The fraction of sp³-hybridized carbons (Fsp3) is 0.364. The van der Waals surface area contributed by atoms with Crippen LogP contribution < -0.4 is 5.32 Å². The number of carbonyl (C=O) groups is 2. The number of hydrogen-bond acceptors (Lipinski definition) is 3. The molecule has 0 amide bonds. The highest BCUT2D eigenvalue weighted by molar-refractivity contribution is 5.96. The van der Waals surface area contributed by atoms with Crippen LogP contribution >= 0.6 is 0 Å². The molecule has 0 fully saturated rings. The first kappa shape index (κ1) is 21.6. The second kappa shape index (κ2) is 12.8. The third kappa shape index (κ3) is 8.58. The average Bonchev–Trinajstić information content (AvgIpc) is 2.65. The first-order chi connectivity index (χ1) is 12.6. The van der Waals surface area contributed by atoms with E-state index in [0.29, 0.717) is 12.8 Å². The Morgan fingerprint density at radius 2 is 1.27 bits per heavy atom. The van der Waals surface area contributed by atoms with Crippen LogP contribution in [-0.4, -0.2) is 31.0 Å². The van der Waals surface area contributed by atoms with Crippen LogP contribution in [0.4, 0.5) is 0 Å². The Hall–Kier alpha value is -2.46. The van der Waals surface area contributed by atoms with E-state index in [0.717, 1.165) is 36.0 Å². The maximum atomic E-state index is 12.1. The predicted molar refractivity (Wildman–Crippen MR) is 107 cm³/mol. The molecule has 0 aliphatic carbocycles. The van der Waals surface area contributed by atoms with Crippen LogP contribution in [0.25, 0.3) is 11.1 Å². The molecular formula is C22H29NO3. The second-order valence-corrected chi connectivity index (χ2v) is 6.17. The third-order valence-electron chi connectivity index (χ3n) is 3.86. The quantitative estimate of drug-likeness (QED) is 0.501. The molecule has 140 valence electrons. The number of hydrogen-bond donors (Lipinski definition) is 2. The Kier molecular flexibility index (Phi) is 10.7. The van der Waals surface area contributed by atoms with Crippen LogP contribution in [0.2, 0.25) is 0 Å². The molecule has 2 aromatic rings. The maximum absolute atomic E-state index is 12.1. The van der Waals surface area contributed by atoms with Gasteiger partial charge in [0.1, 0.15) is 0 Å². The Morgan fingerprint density at radius 1 is 0.769 bits per heavy atom. The van der Waals surface area contributed by atoms with Crippen LogP contribution in [0.1, 0.15) is 48.9 Å². The number of carboxylic acid groups (broad SMARTS) is 1. The lowest BCUT2D eigenvalue weighted by atomic mass is 10.00. The smallest absolute Gasteiger partial charge is 0.303 e. The van der Waals surface area contributed by atoms with Gasteiger partial charge in [-0.15, -0.1) is 0 Å². The minimum Gasteiger partial charge on any atom is -0.481 e. The van der Waals surface area contributed by atoms with Crippen molar-refractivity contribution in [1.29, 1.82) is 0 Å². The fourth-order valence-corrected chi connectivity index (χ4v) is 2.54. The lowest BCUT2D eigenvalue weighted by molar-refractivity contribution is -0.137. The molecule has 0 aromatic heterocycles. The van der Waals surface area contributed by atoms with Gasteiger partial charge in [0.2, 0.25) is 0 Å². The zero-order valence-corrected chi connectivity index (χ0v) is 15.7. The summed E-state index contributed by atoms with van der Waals surface area (Å²) in [5.41, 5.74) is 3.00. The van der Waals surface area contributed by atoms with Gasteiger partial charge in [0.15, 0.2) is 5.78 Å². The van der Waals surface area contributed by atoms with Crippen molar-refractivity contribution in [2.45, 2.75) is 38.5 Å². The van der Waals surface area contributed by atoms with E-state index in [-0.39, 0.29) is 12.2 Å². The van der Waals surface area contributed by atoms with Gasteiger partial charge in [-0.1, -0.05) is 67.4 Å². The minimum atomic E-state index is -0.750. The average molecular weight is 355 g/mol. The van der Waals surface area contributed by atoms with Crippen molar-refractivity contribution in [3.63, 3.8) is 0 Å². The molecule has 2 aromatic carbocycles. The van der Waals surface area contributed by atoms with Crippen molar-refractivity contribution in [1.82, 2.24) is 5.32 Å². The van der Waals surface area contributed by atoms with E-state index in [1.807, 2.05) is 68.7 Å². The Bertz CT molecular complexity index is 651. The highest BCUT2D eigenvalue weighted by Crippen LogP contribution is 2.20. The zero-order valence-electron chi connectivity index (χ0n) is 15.7. The van der Waals surface area contributed by atoms with Gasteiger partial charge in [0.25, 0.3) is 0 Å². The molecule has 0 atom stereocenters. The van der Waals surface area contributed by atoms with Crippen LogP contribution in [0.5, 0.6) is 0 Å². The number of unbranched alkanes of at least 4 members (excludes halogenated alkanes) is 3. The standard InChI is InChI=1S/C20H22O3.C2H7N/c21-19(10-6-1-2-7-11-20(22)23)18-14-12-17(13-15-18)16-8-4-3-5-9-16;1-3-2/h3-5,8-9,12-15H,1-2,6-7,10-11H2,(H,22,23);3H,1-2H3. The van der Waals surface area contributed by atoms with Crippen molar-refractivity contribution < 1.29 is 14.7 Å². The van der Waals surface area contributed by atoms with Crippen molar-refractivity contribution in [2.75, 3.05) is 14.1 Å².